The van der Waals surface area contributed by atoms with E-state index in [1.165, 1.54) is 0 Å². The summed E-state index contributed by atoms with van der Waals surface area (Å²) < 4.78 is 5.18. The van der Waals surface area contributed by atoms with Crippen molar-refractivity contribution < 1.29 is 14.4 Å². The fraction of sp³-hybridized carbons (Fsp3) is 0.357. The maximum Gasteiger partial charge on any atom is 0.320 e. The van der Waals surface area contributed by atoms with Crippen LogP contribution in [-0.2, 0) is 11.3 Å². The molecule has 0 radical (unpaired) electrons. The average molecular weight is 275 g/mol. The first kappa shape index (κ1) is 14.2. The highest BCUT2D eigenvalue weighted by Gasteiger charge is 2.19. The van der Waals surface area contributed by atoms with Crippen molar-refractivity contribution >= 4 is 5.97 Å². The zero-order valence-electron chi connectivity index (χ0n) is 11.7. The second-order valence-corrected chi connectivity index (χ2v) is 4.76. The molecule has 1 aromatic carbocycles. The van der Waals surface area contributed by atoms with E-state index in [1.54, 1.807) is 18.9 Å². The first-order valence-corrected chi connectivity index (χ1v) is 6.30. The normalized spacial score (nSPS) is 12.6. The number of rotatable bonds is 5. The van der Waals surface area contributed by atoms with E-state index in [0.717, 1.165) is 11.1 Å². The number of aromatic nitrogens is 2. The number of hydrogen-bond acceptors (Lipinski definition) is 5. The zero-order chi connectivity index (χ0) is 14.7. The topological polar surface area (TPSA) is 79.5 Å². The van der Waals surface area contributed by atoms with Gasteiger partial charge in [0.25, 0.3) is 0 Å². The Morgan fingerprint density at radius 2 is 2.15 bits per heavy atom. The Hall–Kier alpha value is -2.21. The lowest BCUT2D eigenvalue weighted by Gasteiger charge is -2.18. The fourth-order valence-corrected chi connectivity index (χ4v) is 1.79. The van der Waals surface area contributed by atoms with E-state index in [9.17, 15) is 4.79 Å². The van der Waals surface area contributed by atoms with E-state index in [4.69, 9.17) is 9.63 Å². The van der Waals surface area contributed by atoms with Gasteiger partial charge in [0.2, 0.25) is 11.7 Å². The van der Waals surface area contributed by atoms with Gasteiger partial charge in [0.15, 0.2) is 0 Å². The molecule has 0 fully saturated rings. The summed E-state index contributed by atoms with van der Waals surface area (Å²) in [7, 11) is 1.70. The Morgan fingerprint density at radius 1 is 1.45 bits per heavy atom. The molecular weight excluding hydrogens is 258 g/mol. The van der Waals surface area contributed by atoms with Gasteiger partial charge in [0, 0.05) is 5.56 Å². The van der Waals surface area contributed by atoms with Crippen molar-refractivity contribution in [2.45, 2.75) is 26.4 Å². The molecule has 1 unspecified atom stereocenters. The lowest BCUT2D eigenvalue weighted by Crippen LogP contribution is -2.35. The minimum Gasteiger partial charge on any atom is -0.480 e. The third-order valence-corrected chi connectivity index (χ3v) is 3.26. The van der Waals surface area contributed by atoms with Gasteiger partial charge in [-0.25, -0.2) is 0 Å². The Labute approximate surface area is 117 Å². The van der Waals surface area contributed by atoms with E-state index in [-0.39, 0.29) is 0 Å². The van der Waals surface area contributed by atoms with Crippen LogP contribution in [-0.4, -0.2) is 39.2 Å². The molecule has 0 saturated carbocycles. The molecule has 2 aromatic rings. The monoisotopic (exact) mass is 275 g/mol. The van der Waals surface area contributed by atoms with Gasteiger partial charge in [-0.3, -0.25) is 9.69 Å². The van der Waals surface area contributed by atoms with Gasteiger partial charge in [0.05, 0.1) is 6.54 Å². The molecular formula is C14H17N3O3. The van der Waals surface area contributed by atoms with Crippen molar-refractivity contribution in [3.05, 3.63) is 35.7 Å². The first-order valence-electron chi connectivity index (χ1n) is 6.30. The van der Waals surface area contributed by atoms with Gasteiger partial charge in [-0.05, 0) is 26.5 Å². The molecule has 20 heavy (non-hydrogen) atoms. The minimum atomic E-state index is -0.883. The van der Waals surface area contributed by atoms with E-state index >= 15 is 0 Å². The maximum atomic E-state index is 10.9. The number of aryl methyl sites for hydroxylation is 1. The zero-order valence-corrected chi connectivity index (χ0v) is 11.7. The molecule has 1 aromatic heterocycles. The standard InChI is InChI=1S/C14H17N3O3/c1-9-6-4-5-7-11(9)13-15-12(20-16-13)8-17(3)10(2)14(18)19/h4-7,10H,8H2,1-3H3,(H,18,19). The lowest BCUT2D eigenvalue weighted by atomic mass is 10.1. The van der Waals surface area contributed by atoms with E-state index in [2.05, 4.69) is 10.1 Å². The number of benzene rings is 1. The largest absolute Gasteiger partial charge is 0.480 e. The van der Waals surface area contributed by atoms with Crippen molar-refractivity contribution in [3.63, 3.8) is 0 Å². The van der Waals surface area contributed by atoms with Gasteiger partial charge >= 0.3 is 5.97 Å². The quantitative estimate of drug-likeness (QED) is 0.898. The van der Waals surface area contributed by atoms with E-state index in [0.29, 0.717) is 18.3 Å². The minimum absolute atomic E-state index is 0.298. The maximum absolute atomic E-state index is 10.9. The highest BCUT2D eigenvalue weighted by Crippen LogP contribution is 2.20. The third-order valence-electron chi connectivity index (χ3n) is 3.26. The van der Waals surface area contributed by atoms with Gasteiger partial charge in [-0.2, -0.15) is 4.98 Å². The molecule has 0 amide bonds. The predicted octanol–water partition coefficient (Wildman–Crippen LogP) is 1.95. The molecule has 106 valence electrons. The molecule has 1 atom stereocenters. The number of carboxylic acids is 1. The van der Waals surface area contributed by atoms with Crippen molar-refractivity contribution in [2.24, 2.45) is 0 Å². The summed E-state index contributed by atoms with van der Waals surface area (Å²) in [5.74, 6) is 0.0412. The van der Waals surface area contributed by atoms with Crippen LogP contribution in [0.1, 0.15) is 18.4 Å². The Bertz CT molecular complexity index is 609. The molecule has 0 aliphatic heterocycles. The molecule has 0 bridgehead atoms. The molecule has 6 nitrogen and oxygen atoms in total. The van der Waals surface area contributed by atoms with Crippen LogP contribution in [0.4, 0.5) is 0 Å². The molecule has 0 saturated heterocycles. The average Bonchev–Trinajstić information content (AvgIpc) is 2.86. The van der Waals surface area contributed by atoms with E-state index in [1.807, 2.05) is 31.2 Å². The summed E-state index contributed by atoms with van der Waals surface area (Å²) >= 11 is 0. The van der Waals surface area contributed by atoms with Crippen LogP contribution >= 0.6 is 0 Å². The number of hydrogen-bond donors (Lipinski definition) is 1. The van der Waals surface area contributed by atoms with Gasteiger partial charge in [-0.15, -0.1) is 0 Å². The molecule has 1 N–H and O–H groups in total. The van der Waals surface area contributed by atoms with Gasteiger partial charge < -0.3 is 9.63 Å². The van der Waals surface area contributed by atoms with Crippen LogP contribution in [0.2, 0.25) is 0 Å². The Balaban J connectivity index is 2.14. The highest BCUT2D eigenvalue weighted by atomic mass is 16.5. The Morgan fingerprint density at radius 3 is 2.80 bits per heavy atom. The highest BCUT2D eigenvalue weighted by molar-refractivity contribution is 5.72. The van der Waals surface area contributed by atoms with Crippen LogP contribution in [0.5, 0.6) is 0 Å². The lowest BCUT2D eigenvalue weighted by molar-refractivity contribution is -0.142. The molecule has 2 rings (SSSR count). The summed E-state index contributed by atoms with van der Waals surface area (Å²) in [6.45, 7) is 3.89. The van der Waals surface area contributed by atoms with Crippen LogP contribution < -0.4 is 0 Å². The van der Waals surface area contributed by atoms with Gasteiger partial charge in [-0.1, -0.05) is 29.4 Å². The SMILES string of the molecule is Cc1ccccc1-c1noc(CN(C)C(C)C(=O)O)n1. The summed E-state index contributed by atoms with van der Waals surface area (Å²) in [6, 6.07) is 7.15. The number of carbonyl (C=O) groups is 1. The number of nitrogens with zero attached hydrogens (tertiary/aromatic N) is 3. The summed E-state index contributed by atoms with van der Waals surface area (Å²) in [5, 5.41) is 12.9. The molecule has 6 heteroatoms. The first-order chi connectivity index (χ1) is 9.49. The molecule has 0 aliphatic carbocycles. The smallest absolute Gasteiger partial charge is 0.320 e. The predicted molar refractivity (Wildman–Crippen MR) is 73.0 cm³/mol. The molecule has 0 spiro atoms. The second kappa shape index (κ2) is 5.83. The summed E-state index contributed by atoms with van der Waals surface area (Å²) in [4.78, 5) is 16.8. The van der Waals surface area contributed by atoms with Gasteiger partial charge in [0.1, 0.15) is 6.04 Å². The second-order valence-electron chi connectivity index (χ2n) is 4.76. The van der Waals surface area contributed by atoms with E-state index < -0.39 is 12.0 Å². The Kier molecular flexibility index (Phi) is 4.14. The number of likely N-dealkylation sites (N-methyl/N-ethyl adjacent to an activating group) is 1. The van der Waals surface area contributed by atoms with Crippen LogP contribution in [0.15, 0.2) is 28.8 Å². The summed E-state index contributed by atoms with van der Waals surface area (Å²) in [5.41, 5.74) is 1.98. The number of aliphatic carboxylic acids is 1. The van der Waals surface area contributed by atoms with Crippen LogP contribution in [0, 0.1) is 6.92 Å². The van der Waals surface area contributed by atoms with Crippen molar-refractivity contribution in [1.29, 1.82) is 0 Å². The van der Waals surface area contributed by atoms with Crippen LogP contribution in [0.25, 0.3) is 11.4 Å². The fourth-order valence-electron chi connectivity index (χ4n) is 1.79. The summed E-state index contributed by atoms with van der Waals surface area (Å²) in [6.07, 6.45) is 0. The molecule has 0 aliphatic rings. The number of carboxylic acid groups (broad SMARTS) is 1. The van der Waals surface area contributed by atoms with Crippen molar-refractivity contribution in [1.82, 2.24) is 15.0 Å². The van der Waals surface area contributed by atoms with Crippen molar-refractivity contribution in [2.75, 3.05) is 7.05 Å². The van der Waals surface area contributed by atoms with Crippen molar-refractivity contribution in [3.8, 4) is 11.4 Å². The third kappa shape index (κ3) is 3.03. The van der Waals surface area contributed by atoms with Crippen LogP contribution in [0.3, 0.4) is 0 Å². The molecule has 1 heterocycles.